The molecule has 3 nitrogen and oxygen atoms in total. The van der Waals surface area contributed by atoms with E-state index in [9.17, 15) is 4.79 Å². The van der Waals surface area contributed by atoms with Crippen LogP contribution in [0.2, 0.25) is 0 Å². The summed E-state index contributed by atoms with van der Waals surface area (Å²) >= 11 is 0. The van der Waals surface area contributed by atoms with Crippen molar-refractivity contribution < 1.29 is 4.79 Å². The Kier molecular flexibility index (Phi) is 4.26. The maximum absolute atomic E-state index is 9.66. The van der Waals surface area contributed by atoms with Crippen LogP contribution in [-0.2, 0) is 4.79 Å². The van der Waals surface area contributed by atoms with E-state index in [0.717, 1.165) is 13.1 Å². The predicted octanol–water partition coefficient (Wildman–Crippen LogP) is -0.100. The van der Waals surface area contributed by atoms with Gasteiger partial charge >= 0.3 is 6.41 Å². The highest BCUT2D eigenvalue weighted by molar-refractivity contribution is 5.46. The molecule has 0 aliphatic carbocycles. The molecule has 8 heavy (non-hydrogen) atoms. The Bertz CT molecular complexity index is 61.4. The van der Waals surface area contributed by atoms with E-state index < -0.39 is 0 Å². The van der Waals surface area contributed by atoms with Crippen LogP contribution >= 0.6 is 0 Å². The first-order valence-electron chi connectivity index (χ1n) is 2.72. The average molecular weight is 115 g/mol. The van der Waals surface area contributed by atoms with E-state index in [2.05, 4.69) is 5.43 Å². The summed E-state index contributed by atoms with van der Waals surface area (Å²) in [7, 11) is 0. The molecule has 0 aromatic heterocycles. The zero-order valence-corrected chi connectivity index (χ0v) is 5.27. The third-order valence-electron chi connectivity index (χ3n) is 0.967. The Morgan fingerprint density at radius 2 is 2.00 bits per heavy atom. The number of rotatable bonds is 4. The first-order valence-corrected chi connectivity index (χ1v) is 2.72. The molecule has 0 unspecified atom stereocenters. The van der Waals surface area contributed by atoms with Crippen LogP contribution in [0.5, 0.6) is 0 Å². The van der Waals surface area contributed by atoms with Crippen molar-refractivity contribution in [2.75, 3.05) is 13.1 Å². The summed E-state index contributed by atoms with van der Waals surface area (Å²) in [4.78, 5) is 9.66. The van der Waals surface area contributed by atoms with Gasteiger partial charge in [-0.05, 0) is 0 Å². The molecular formula is C5H11N2O. The summed E-state index contributed by atoms with van der Waals surface area (Å²) in [6, 6.07) is 0. The molecule has 0 rings (SSSR count). The predicted molar refractivity (Wildman–Crippen MR) is 31.8 cm³/mol. The van der Waals surface area contributed by atoms with Crippen molar-refractivity contribution in [2.24, 2.45) is 0 Å². The molecule has 1 N–H and O–H groups in total. The van der Waals surface area contributed by atoms with Gasteiger partial charge in [-0.3, -0.25) is 10.2 Å². The summed E-state index contributed by atoms with van der Waals surface area (Å²) in [5, 5.41) is 1.76. The Morgan fingerprint density at radius 3 is 2.12 bits per heavy atom. The molecule has 0 fully saturated rings. The summed E-state index contributed by atoms with van der Waals surface area (Å²) < 4.78 is 0. The summed E-state index contributed by atoms with van der Waals surface area (Å²) in [6.45, 7) is 5.58. The first kappa shape index (κ1) is 7.43. The summed E-state index contributed by atoms with van der Waals surface area (Å²) in [6.07, 6.45) is 1.60. The van der Waals surface area contributed by atoms with Gasteiger partial charge in [0.2, 0.25) is 0 Å². The molecular weight excluding hydrogens is 104 g/mol. The lowest BCUT2D eigenvalue weighted by Gasteiger charge is -2.13. The summed E-state index contributed by atoms with van der Waals surface area (Å²) in [5.74, 6) is 0. The highest BCUT2D eigenvalue weighted by Gasteiger charge is 1.91. The van der Waals surface area contributed by atoms with Gasteiger partial charge in [-0.1, -0.05) is 13.8 Å². The van der Waals surface area contributed by atoms with Crippen molar-refractivity contribution in [3.8, 4) is 0 Å². The highest BCUT2D eigenvalue weighted by atomic mass is 16.1. The van der Waals surface area contributed by atoms with Gasteiger partial charge in [-0.15, -0.1) is 0 Å². The number of nitrogens with zero attached hydrogens (tertiary/aromatic N) is 1. The van der Waals surface area contributed by atoms with Gasteiger partial charge in [-0.25, -0.2) is 5.01 Å². The van der Waals surface area contributed by atoms with Crippen LogP contribution in [-0.4, -0.2) is 24.5 Å². The van der Waals surface area contributed by atoms with Crippen molar-refractivity contribution >= 4 is 6.41 Å². The average Bonchev–Trinajstić information content (AvgIpc) is 1.83. The Hall–Kier alpha value is -0.570. The normalized spacial score (nSPS) is 9.38. The molecule has 0 saturated heterocycles. The van der Waals surface area contributed by atoms with Crippen LogP contribution in [0, 0.1) is 0 Å². The van der Waals surface area contributed by atoms with Gasteiger partial charge in [0.05, 0.1) is 0 Å². The minimum Gasteiger partial charge on any atom is -0.281 e. The van der Waals surface area contributed by atoms with Crippen molar-refractivity contribution in [3.63, 3.8) is 0 Å². The highest BCUT2D eigenvalue weighted by Crippen LogP contribution is 1.74. The molecule has 0 bridgehead atoms. The lowest BCUT2D eigenvalue weighted by atomic mass is 10.6. The fraction of sp³-hybridized carbons (Fsp3) is 0.800. The van der Waals surface area contributed by atoms with Gasteiger partial charge in [-0.2, -0.15) is 0 Å². The van der Waals surface area contributed by atoms with Crippen LogP contribution in [0.3, 0.4) is 0 Å². The topological polar surface area (TPSA) is 32.3 Å². The number of hydrogen-bond acceptors (Lipinski definition) is 2. The fourth-order valence-corrected chi connectivity index (χ4v) is 0.446. The Morgan fingerprint density at radius 1 is 1.50 bits per heavy atom. The smallest absolute Gasteiger partial charge is 0.281 e. The second kappa shape index (κ2) is 4.59. The van der Waals surface area contributed by atoms with Crippen LogP contribution in [0.1, 0.15) is 13.8 Å². The molecule has 47 valence electrons. The lowest BCUT2D eigenvalue weighted by Crippen LogP contribution is -2.36. The molecule has 0 atom stereocenters. The zero-order chi connectivity index (χ0) is 6.41. The lowest BCUT2D eigenvalue weighted by molar-refractivity contribution is 0.256. The van der Waals surface area contributed by atoms with E-state index >= 15 is 0 Å². The maximum Gasteiger partial charge on any atom is 0.324 e. The van der Waals surface area contributed by atoms with E-state index in [0.29, 0.717) is 0 Å². The monoisotopic (exact) mass is 115 g/mol. The van der Waals surface area contributed by atoms with E-state index in [1.165, 1.54) is 0 Å². The molecule has 0 saturated carbocycles. The molecule has 0 aromatic carbocycles. The van der Waals surface area contributed by atoms with E-state index in [-0.39, 0.29) is 0 Å². The largest absolute Gasteiger partial charge is 0.324 e. The standard InChI is InChI=1S/C5H11N2O/c1-3-7(4-2)6-5-8/h3-4H2,1-2H3,(H,6,8). The van der Waals surface area contributed by atoms with Gasteiger partial charge in [0.15, 0.2) is 0 Å². The van der Waals surface area contributed by atoms with Gasteiger partial charge in [0, 0.05) is 13.1 Å². The number of carbonyl (C=O) groups excluding carboxylic acids is 1. The third-order valence-corrected chi connectivity index (χ3v) is 0.967. The van der Waals surface area contributed by atoms with Gasteiger partial charge in [0.25, 0.3) is 0 Å². The molecule has 0 aliphatic rings. The van der Waals surface area contributed by atoms with Crippen LogP contribution in [0.15, 0.2) is 0 Å². The molecule has 0 spiro atoms. The van der Waals surface area contributed by atoms with Crippen molar-refractivity contribution in [2.45, 2.75) is 13.8 Å². The van der Waals surface area contributed by atoms with Crippen molar-refractivity contribution in [1.29, 1.82) is 0 Å². The minimum atomic E-state index is 0.825. The fourth-order valence-electron chi connectivity index (χ4n) is 0.446. The van der Waals surface area contributed by atoms with Crippen LogP contribution in [0.4, 0.5) is 0 Å². The van der Waals surface area contributed by atoms with Gasteiger partial charge < -0.3 is 0 Å². The maximum atomic E-state index is 9.66. The zero-order valence-electron chi connectivity index (χ0n) is 5.27. The molecule has 1 amide bonds. The number of nitrogens with one attached hydrogen (secondary N) is 1. The quantitative estimate of drug-likeness (QED) is 0.410. The van der Waals surface area contributed by atoms with Crippen molar-refractivity contribution in [3.05, 3.63) is 0 Å². The van der Waals surface area contributed by atoms with E-state index in [4.69, 9.17) is 0 Å². The van der Waals surface area contributed by atoms with Crippen LogP contribution < -0.4 is 5.43 Å². The molecule has 1 radical (unpaired) electrons. The van der Waals surface area contributed by atoms with Crippen molar-refractivity contribution in [1.82, 2.24) is 10.4 Å². The molecule has 0 aromatic rings. The van der Waals surface area contributed by atoms with E-state index in [1.807, 2.05) is 13.8 Å². The minimum absolute atomic E-state index is 0.825. The molecule has 0 aliphatic heterocycles. The van der Waals surface area contributed by atoms with Crippen LogP contribution in [0.25, 0.3) is 0 Å². The Labute approximate surface area is 49.6 Å². The first-order chi connectivity index (χ1) is 3.85. The Balaban J connectivity index is 3.20. The van der Waals surface area contributed by atoms with Gasteiger partial charge in [0.1, 0.15) is 0 Å². The second-order valence-electron chi connectivity index (χ2n) is 1.39. The molecule has 0 heterocycles. The summed E-state index contributed by atoms with van der Waals surface area (Å²) in [5.41, 5.74) is 2.41. The second-order valence-corrected chi connectivity index (χ2v) is 1.39. The molecule has 3 heteroatoms. The number of amides is 1. The third kappa shape index (κ3) is 2.58. The van der Waals surface area contributed by atoms with E-state index in [1.54, 1.807) is 11.4 Å². The SMILES string of the molecule is CCN(CC)N[C]=O. The number of hydrogen-bond donors (Lipinski definition) is 1. The number of hydrazine groups is 1.